The van der Waals surface area contributed by atoms with Gasteiger partial charge in [-0.15, -0.1) is 0 Å². The minimum Gasteiger partial charge on any atom is -0.488 e. The fourth-order valence-corrected chi connectivity index (χ4v) is 4.42. The molecule has 2 nitrogen and oxygen atoms in total. The molecule has 1 atom stereocenters. The van der Waals surface area contributed by atoms with Crippen LogP contribution in [-0.4, -0.2) is 30.6 Å². The van der Waals surface area contributed by atoms with Crippen molar-refractivity contribution in [1.29, 1.82) is 0 Å². The molecule has 0 N–H and O–H groups in total. The van der Waals surface area contributed by atoms with Gasteiger partial charge >= 0.3 is 0 Å². The molecule has 0 aliphatic carbocycles. The highest BCUT2D eigenvalue weighted by Crippen LogP contribution is 2.43. The fraction of sp³-hybridized carbons (Fsp3) is 0.429. The van der Waals surface area contributed by atoms with Gasteiger partial charge in [-0.1, -0.05) is 29.8 Å². The molecule has 3 heteroatoms. The van der Waals surface area contributed by atoms with E-state index in [9.17, 15) is 0 Å². The van der Waals surface area contributed by atoms with Crippen LogP contribution in [0, 0.1) is 13.8 Å². The van der Waals surface area contributed by atoms with Crippen molar-refractivity contribution in [1.82, 2.24) is 4.90 Å². The highest BCUT2D eigenvalue weighted by molar-refractivity contribution is 6.31. The maximum Gasteiger partial charge on any atom is 0.131 e. The Kier molecular flexibility index (Phi) is 4.28. The molecule has 1 fully saturated rings. The molecule has 2 aliphatic rings. The van der Waals surface area contributed by atoms with Gasteiger partial charge in [0, 0.05) is 23.6 Å². The number of ether oxygens (including phenoxy) is 1. The molecule has 0 bridgehead atoms. The normalized spacial score (nSPS) is 20.2. The van der Waals surface area contributed by atoms with Crippen molar-refractivity contribution in [2.24, 2.45) is 0 Å². The number of rotatable bonds is 3. The van der Waals surface area contributed by atoms with Crippen molar-refractivity contribution in [2.75, 3.05) is 19.6 Å². The largest absolute Gasteiger partial charge is 0.488 e. The summed E-state index contributed by atoms with van der Waals surface area (Å²) in [5.41, 5.74) is 6.21. The van der Waals surface area contributed by atoms with Crippen LogP contribution in [0.15, 0.2) is 30.3 Å². The van der Waals surface area contributed by atoms with Gasteiger partial charge in [-0.3, -0.25) is 4.90 Å². The summed E-state index contributed by atoms with van der Waals surface area (Å²) in [5.74, 6) is 1.04. The standard InChI is InChI=1S/C21H24ClNO/c1-14-6-5-7-15(2)20(14)19-12-17(22)10-16-11-18(24-21(16)19)13-23-8-3-4-9-23/h5-7,10,12,18H,3-4,8-9,11,13H2,1-2H3. The van der Waals surface area contributed by atoms with E-state index in [1.54, 1.807) is 0 Å². The molecule has 0 radical (unpaired) electrons. The van der Waals surface area contributed by atoms with Gasteiger partial charge in [-0.2, -0.15) is 0 Å². The van der Waals surface area contributed by atoms with E-state index in [1.807, 2.05) is 0 Å². The Bertz CT molecular complexity index is 744. The molecule has 1 saturated heterocycles. The molecule has 0 aromatic heterocycles. The summed E-state index contributed by atoms with van der Waals surface area (Å²) in [5, 5.41) is 0.803. The Balaban J connectivity index is 1.69. The van der Waals surface area contributed by atoms with Crippen molar-refractivity contribution < 1.29 is 4.74 Å². The highest BCUT2D eigenvalue weighted by atomic mass is 35.5. The van der Waals surface area contributed by atoms with Crippen LogP contribution < -0.4 is 4.74 Å². The second-order valence-electron chi connectivity index (χ2n) is 7.16. The van der Waals surface area contributed by atoms with E-state index in [-0.39, 0.29) is 6.10 Å². The number of fused-ring (bicyclic) bond motifs is 1. The SMILES string of the molecule is Cc1cccc(C)c1-c1cc(Cl)cc2c1OC(CN1CCCC1)C2. The zero-order chi connectivity index (χ0) is 16.7. The number of aryl methyl sites for hydroxylation is 2. The Hall–Kier alpha value is -1.51. The van der Waals surface area contributed by atoms with Crippen molar-refractivity contribution >= 4 is 11.6 Å². The van der Waals surface area contributed by atoms with Crippen LogP contribution in [-0.2, 0) is 6.42 Å². The van der Waals surface area contributed by atoms with E-state index in [4.69, 9.17) is 16.3 Å². The molecule has 0 spiro atoms. The average molecular weight is 342 g/mol. The molecular weight excluding hydrogens is 318 g/mol. The van der Waals surface area contributed by atoms with Crippen LogP contribution in [0.1, 0.15) is 29.5 Å². The quantitative estimate of drug-likeness (QED) is 0.777. The number of benzene rings is 2. The van der Waals surface area contributed by atoms with Gasteiger partial charge in [-0.25, -0.2) is 0 Å². The smallest absolute Gasteiger partial charge is 0.131 e. The van der Waals surface area contributed by atoms with E-state index >= 15 is 0 Å². The molecule has 24 heavy (non-hydrogen) atoms. The van der Waals surface area contributed by atoms with Gasteiger partial charge in [0.1, 0.15) is 11.9 Å². The van der Waals surface area contributed by atoms with Crippen LogP contribution in [0.3, 0.4) is 0 Å². The Morgan fingerprint density at radius 3 is 2.54 bits per heavy atom. The van der Waals surface area contributed by atoms with E-state index < -0.39 is 0 Å². The number of halogens is 1. The van der Waals surface area contributed by atoms with Gasteiger partial charge in [0.05, 0.1) is 0 Å². The van der Waals surface area contributed by atoms with Gasteiger partial charge in [0.2, 0.25) is 0 Å². The van der Waals surface area contributed by atoms with E-state index in [0.717, 1.165) is 29.3 Å². The number of hydrogen-bond donors (Lipinski definition) is 0. The third-order valence-corrected chi connectivity index (χ3v) is 5.49. The Morgan fingerprint density at radius 2 is 1.83 bits per heavy atom. The van der Waals surface area contributed by atoms with Crippen LogP contribution in [0.2, 0.25) is 5.02 Å². The Morgan fingerprint density at radius 1 is 1.12 bits per heavy atom. The van der Waals surface area contributed by atoms with Gasteiger partial charge in [-0.05, 0) is 74.2 Å². The minimum atomic E-state index is 0.250. The summed E-state index contributed by atoms with van der Waals surface area (Å²) in [6, 6.07) is 10.6. The molecule has 2 aromatic rings. The zero-order valence-corrected chi connectivity index (χ0v) is 15.2. The van der Waals surface area contributed by atoms with Gasteiger partial charge in [0.15, 0.2) is 0 Å². The third-order valence-electron chi connectivity index (χ3n) is 5.27. The summed E-state index contributed by atoms with van der Waals surface area (Å²) in [4.78, 5) is 2.52. The molecule has 2 heterocycles. The summed E-state index contributed by atoms with van der Waals surface area (Å²) in [7, 11) is 0. The second kappa shape index (κ2) is 6.42. The molecule has 2 aromatic carbocycles. The van der Waals surface area contributed by atoms with Crippen LogP contribution in [0.25, 0.3) is 11.1 Å². The van der Waals surface area contributed by atoms with Crippen molar-refractivity contribution in [3.63, 3.8) is 0 Å². The first kappa shape index (κ1) is 16.0. The molecule has 0 amide bonds. The zero-order valence-electron chi connectivity index (χ0n) is 14.4. The first-order chi connectivity index (χ1) is 11.6. The number of hydrogen-bond acceptors (Lipinski definition) is 2. The molecule has 2 aliphatic heterocycles. The molecule has 126 valence electrons. The minimum absolute atomic E-state index is 0.250. The molecule has 1 unspecified atom stereocenters. The average Bonchev–Trinajstić information content (AvgIpc) is 3.16. The van der Waals surface area contributed by atoms with Crippen molar-refractivity contribution in [3.05, 3.63) is 52.0 Å². The molecule has 0 saturated carbocycles. The van der Waals surface area contributed by atoms with Crippen LogP contribution >= 0.6 is 11.6 Å². The summed E-state index contributed by atoms with van der Waals surface area (Å²) in [6.07, 6.45) is 3.85. The first-order valence-corrected chi connectivity index (χ1v) is 9.27. The Labute approximate surface area is 149 Å². The monoisotopic (exact) mass is 341 g/mol. The van der Waals surface area contributed by atoms with Crippen LogP contribution in [0.5, 0.6) is 5.75 Å². The highest BCUT2D eigenvalue weighted by Gasteiger charge is 2.29. The number of nitrogens with zero attached hydrogens (tertiary/aromatic N) is 1. The van der Waals surface area contributed by atoms with Gasteiger partial charge in [0.25, 0.3) is 0 Å². The lowest BCUT2D eigenvalue weighted by atomic mass is 9.93. The lowest BCUT2D eigenvalue weighted by molar-refractivity contribution is 0.169. The lowest BCUT2D eigenvalue weighted by Crippen LogP contribution is -2.32. The van der Waals surface area contributed by atoms with Crippen molar-refractivity contribution in [3.8, 4) is 16.9 Å². The number of likely N-dealkylation sites (tertiary alicyclic amines) is 1. The summed E-state index contributed by atoms with van der Waals surface area (Å²) < 4.78 is 6.42. The van der Waals surface area contributed by atoms with E-state index in [2.05, 4.69) is 49.1 Å². The second-order valence-corrected chi connectivity index (χ2v) is 7.60. The first-order valence-electron chi connectivity index (χ1n) is 8.90. The van der Waals surface area contributed by atoms with E-state index in [1.165, 1.54) is 48.2 Å². The maximum atomic E-state index is 6.44. The fourth-order valence-electron chi connectivity index (χ4n) is 4.17. The molecule has 4 rings (SSSR count). The van der Waals surface area contributed by atoms with Crippen molar-refractivity contribution in [2.45, 2.75) is 39.2 Å². The maximum absolute atomic E-state index is 6.44. The predicted molar refractivity (Wildman–Crippen MR) is 100 cm³/mol. The predicted octanol–water partition coefficient (Wildman–Crippen LogP) is 5.02. The van der Waals surface area contributed by atoms with E-state index in [0.29, 0.717) is 0 Å². The summed E-state index contributed by atoms with van der Waals surface area (Å²) in [6.45, 7) is 7.76. The van der Waals surface area contributed by atoms with Crippen LogP contribution in [0.4, 0.5) is 0 Å². The molecular formula is C21H24ClNO. The lowest BCUT2D eigenvalue weighted by Gasteiger charge is -2.20. The topological polar surface area (TPSA) is 12.5 Å². The summed E-state index contributed by atoms with van der Waals surface area (Å²) >= 11 is 6.44. The van der Waals surface area contributed by atoms with Gasteiger partial charge < -0.3 is 4.74 Å². The third kappa shape index (κ3) is 2.94.